The number of thioether (sulfide) groups is 1. The second-order valence-corrected chi connectivity index (χ2v) is 8.66. The van der Waals surface area contributed by atoms with Gasteiger partial charge >= 0.3 is 0 Å². The van der Waals surface area contributed by atoms with Crippen molar-refractivity contribution in [2.75, 3.05) is 0 Å². The summed E-state index contributed by atoms with van der Waals surface area (Å²) in [5, 5.41) is 12.6. The van der Waals surface area contributed by atoms with Gasteiger partial charge in [0.15, 0.2) is 0 Å². The molecular formula is C21H21NO2S2. The van der Waals surface area contributed by atoms with E-state index in [0.717, 1.165) is 23.1 Å². The number of nitrogens with one attached hydrogen (secondary N) is 1. The van der Waals surface area contributed by atoms with E-state index in [1.165, 1.54) is 17.3 Å². The Bertz CT molecular complexity index is 916. The SMILES string of the molecule is CCC(C)(C)c1cccc(-c2ccc(O)cc2C=C2SC(=S)NC2=O)c1. The molecule has 5 heteroatoms. The largest absolute Gasteiger partial charge is 0.508 e. The summed E-state index contributed by atoms with van der Waals surface area (Å²) >= 11 is 6.29. The fourth-order valence-corrected chi connectivity index (χ4v) is 3.84. The molecule has 1 amide bonds. The van der Waals surface area contributed by atoms with Gasteiger partial charge in [-0.05, 0) is 52.3 Å². The first kappa shape index (κ1) is 18.7. The number of carbonyl (C=O) groups is 1. The molecule has 3 rings (SSSR count). The summed E-state index contributed by atoms with van der Waals surface area (Å²) in [7, 11) is 0. The summed E-state index contributed by atoms with van der Waals surface area (Å²) in [4.78, 5) is 12.5. The molecular weight excluding hydrogens is 362 g/mol. The monoisotopic (exact) mass is 383 g/mol. The molecule has 0 unspecified atom stereocenters. The average molecular weight is 384 g/mol. The maximum Gasteiger partial charge on any atom is 0.263 e. The normalized spacial score (nSPS) is 16.2. The highest BCUT2D eigenvalue weighted by atomic mass is 32.2. The predicted molar refractivity (Wildman–Crippen MR) is 113 cm³/mol. The van der Waals surface area contributed by atoms with E-state index >= 15 is 0 Å². The lowest BCUT2D eigenvalue weighted by Crippen LogP contribution is -2.17. The van der Waals surface area contributed by atoms with Crippen molar-refractivity contribution in [2.45, 2.75) is 32.6 Å². The van der Waals surface area contributed by atoms with Gasteiger partial charge in [-0.3, -0.25) is 4.79 Å². The van der Waals surface area contributed by atoms with Gasteiger partial charge in [0.05, 0.1) is 4.91 Å². The van der Waals surface area contributed by atoms with Crippen molar-refractivity contribution in [3.8, 4) is 16.9 Å². The van der Waals surface area contributed by atoms with Crippen LogP contribution in [-0.2, 0) is 10.2 Å². The Labute approximate surface area is 163 Å². The van der Waals surface area contributed by atoms with Crippen LogP contribution >= 0.6 is 24.0 Å². The van der Waals surface area contributed by atoms with E-state index < -0.39 is 0 Å². The van der Waals surface area contributed by atoms with Crippen molar-refractivity contribution in [3.63, 3.8) is 0 Å². The van der Waals surface area contributed by atoms with Gasteiger partial charge in [-0.25, -0.2) is 0 Å². The first-order chi connectivity index (χ1) is 12.3. The van der Waals surface area contributed by atoms with Crippen LogP contribution in [0.1, 0.15) is 38.3 Å². The second-order valence-electron chi connectivity index (χ2n) is 6.94. The number of phenolic OH excluding ortho intramolecular Hbond substituents is 1. The molecule has 3 nitrogen and oxygen atoms in total. The smallest absolute Gasteiger partial charge is 0.263 e. The van der Waals surface area contributed by atoms with Crippen LogP contribution in [0.4, 0.5) is 0 Å². The van der Waals surface area contributed by atoms with E-state index in [2.05, 4.69) is 50.4 Å². The Hall–Kier alpha value is -2.11. The number of hydrogen-bond donors (Lipinski definition) is 2. The Morgan fingerprint density at radius 2 is 2.00 bits per heavy atom. The Kier molecular flexibility index (Phi) is 5.21. The molecule has 1 fully saturated rings. The summed E-state index contributed by atoms with van der Waals surface area (Å²) < 4.78 is 0.453. The first-order valence-corrected chi connectivity index (χ1v) is 9.71. The lowest BCUT2D eigenvalue weighted by molar-refractivity contribution is -0.115. The van der Waals surface area contributed by atoms with E-state index in [0.29, 0.717) is 9.23 Å². The van der Waals surface area contributed by atoms with Crippen LogP contribution in [0.3, 0.4) is 0 Å². The molecule has 1 saturated heterocycles. The highest BCUT2D eigenvalue weighted by molar-refractivity contribution is 8.26. The van der Waals surface area contributed by atoms with E-state index in [1.54, 1.807) is 18.2 Å². The molecule has 0 aromatic heterocycles. The molecule has 2 aromatic rings. The van der Waals surface area contributed by atoms with Gasteiger partial charge < -0.3 is 10.4 Å². The van der Waals surface area contributed by atoms with Gasteiger partial charge in [0.25, 0.3) is 5.91 Å². The van der Waals surface area contributed by atoms with Crippen LogP contribution < -0.4 is 5.32 Å². The molecule has 1 heterocycles. The average Bonchev–Trinajstić information content (AvgIpc) is 2.92. The van der Waals surface area contributed by atoms with Crippen molar-refractivity contribution in [1.29, 1.82) is 0 Å². The number of aromatic hydroxyl groups is 1. The van der Waals surface area contributed by atoms with E-state index in [-0.39, 0.29) is 17.1 Å². The van der Waals surface area contributed by atoms with Crippen LogP contribution in [0.25, 0.3) is 17.2 Å². The minimum Gasteiger partial charge on any atom is -0.508 e. The zero-order valence-electron chi connectivity index (χ0n) is 15.0. The highest BCUT2D eigenvalue weighted by Crippen LogP contribution is 2.35. The topological polar surface area (TPSA) is 49.3 Å². The summed E-state index contributed by atoms with van der Waals surface area (Å²) in [5.74, 6) is -0.0354. The standard InChI is InChI=1S/C21H21NO2S2/c1-4-21(2,3)15-7-5-6-13(10-15)17-9-8-16(23)11-14(17)12-18-19(24)22-20(25)26-18/h5-12,23H,4H2,1-3H3,(H,22,24,25). The van der Waals surface area contributed by atoms with Crippen LogP contribution in [0.5, 0.6) is 5.75 Å². The molecule has 1 aliphatic heterocycles. The number of benzene rings is 2. The molecule has 134 valence electrons. The van der Waals surface area contributed by atoms with Crippen molar-refractivity contribution in [3.05, 3.63) is 58.5 Å². The van der Waals surface area contributed by atoms with Gasteiger partial charge in [-0.1, -0.05) is 75.1 Å². The van der Waals surface area contributed by atoms with Crippen LogP contribution in [0.15, 0.2) is 47.4 Å². The number of thiocarbonyl (C=S) groups is 1. The van der Waals surface area contributed by atoms with Crippen LogP contribution in [0.2, 0.25) is 0 Å². The van der Waals surface area contributed by atoms with Gasteiger partial charge in [-0.2, -0.15) is 0 Å². The van der Waals surface area contributed by atoms with Crippen molar-refractivity contribution in [2.24, 2.45) is 0 Å². The lowest BCUT2D eigenvalue weighted by Gasteiger charge is -2.24. The minimum atomic E-state index is -0.199. The maximum absolute atomic E-state index is 12.0. The summed E-state index contributed by atoms with van der Waals surface area (Å²) in [6.45, 7) is 6.64. The fraction of sp³-hybridized carbons (Fsp3) is 0.238. The van der Waals surface area contributed by atoms with Gasteiger partial charge in [0, 0.05) is 0 Å². The third-order valence-electron chi connectivity index (χ3n) is 4.80. The van der Waals surface area contributed by atoms with Crippen LogP contribution in [0, 0.1) is 0 Å². The zero-order valence-corrected chi connectivity index (χ0v) is 16.6. The zero-order chi connectivity index (χ0) is 18.9. The van der Waals surface area contributed by atoms with Crippen molar-refractivity contribution in [1.82, 2.24) is 5.32 Å². The molecule has 0 bridgehead atoms. The molecule has 2 N–H and O–H groups in total. The molecule has 0 radical (unpaired) electrons. The summed E-state index contributed by atoms with van der Waals surface area (Å²) in [6, 6.07) is 13.7. The molecule has 2 aromatic carbocycles. The molecule has 0 spiro atoms. The van der Waals surface area contributed by atoms with Crippen molar-refractivity contribution < 1.29 is 9.90 Å². The molecule has 26 heavy (non-hydrogen) atoms. The number of hydrogen-bond acceptors (Lipinski definition) is 4. The number of carbonyl (C=O) groups excluding carboxylic acids is 1. The quantitative estimate of drug-likeness (QED) is 0.560. The number of amides is 1. The van der Waals surface area contributed by atoms with Crippen molar-refractivity contribution >= 4 is 40.3 Å². The Balaban J connectivity index is 2.10. The molecule has 0 atom stereocenters. The maximum atomic E-state index is 12.0. The van der Waals surface area contributed by atoms with E-state index in [1.807, 2.05) is 6.07 Å². The Morgan fingerprint density at radius 1 is 1.23 bits per heavy atom. The summed E-state index contributed by atoms with van der Waals surface area (Å²) in [6.07, 6.45) is 2.82. The van der Waals surface area contributed by atoms with Gasteiger partial charge in [-0.15, -0.1) is 0 Å². The fourth-order valence-electron chi connectivity index (χ4n) is 2.81. The van der Waals surface area contributed by atoms with Crippen LogP contribution in [-0.4, -0.2) is 15.3 Å². The number of phenols is 1. The minimum absolute atomic E-state index is 0.0823. The Morgan fingerprint density at radius 3 is 2.65 bits per heavy atom. The molecule has 0 aliphatic carbocycles. The first-order valence-electron chi connectivity index (χ1n) is 8.49. The highest BCUT2D eigenvalue weighted by Gasteiger charge is 2.23. The third kappa shape index (κ3) is 3.84. The number of rotatable bonds is 4. The third-order valence-corrected chi connectivity index (χ3v) is 5.97. The predicted octanol–water partition coefficient (Wildman–Crippen LogP) is 5.24. The van der Waals surface area contributed by atoms with E-state index in [4.69, 9.17) is 12.2 Å². The van der Waals surface area contributed by atoms with Gasteiger partial charge in [0.1, 0.15) is 10.1 Å². The molecule has 0 saturated carbocycles. The summed E-state index contributed by atoms with van der Waals surface area (Å²) in [5.41, 5.74) is 4.16. The van der Waals surface area contributed by atoms with E-state index in [9.17, 15) is 9.90 Å². The second kappa shape index (κ2) is 7.25. The van der Waals surface area contributed by atoms with Gasteiger partial charge in [0.2, 0.25) is 0 Å². The lowest BCUT2D eigenvalue weighted by atomic mass is 9.81. The molecule has 1 aliphatic rings.